The second kappa shape index (κ2) is 8.92. The lowest BCUT2D eigenvalue weighted by Crippen LogP contribution is -2.52. The van der Waals surface area contributed by atoms with Gasteiger partial charge in [0.15, 0.2) is 0 Å². The zero-order valence-electron chi connectivity index (χ0n) is 16.7. The second-order valence-corrected chi connectivity index (χ2v) is 9.00. The van der Waals surface area contributed by atoms with Crippen molar-refractivity contribution in [3.63, 3.8) is 0 Å². The van der Waals surface area contributed by atoms with Crippen LogP contribution in [-0.4, -0.2) is 62.8 Å². The molecule has 0 saturated carbocycles. The van der Waals surface area contributed by atoms with E-state index in [0.29, 0.717) is 31.9 Å². The quantitative estimate of drug-likeness (QED) is 0.722. The number of amides is 1. The predicted octanol–water partition coefficient (Wildman–Crippen LogP) is 2.49. The molecule has 29 heavy (non-hydrogen) atoms. The molecule has 2 aromatic carbocycles. The fourth-order valence-corrected chi connectivity index (χ4v) is 4.78. The lowest BCUT2D eigenvalue weighted by molar-refractivity contribution is -0.131. The molecular formula is C21H26FN3O3S. The van der Waals surface area contributed by atoms with Gasteiger partial charge in [-0.15, -0.1) is 0 Å². The summed E-state index contributed by atoms with van der Waals surface area (Å²) in [7, 11) is -3.74. The Morgan fingerprint density at radius 3 is 2.24 bits per heavy atom. The number of halogens is 1. The maximum Gasteiger partial charge on any atom is 0.243 e. The van der Waals surface area contributed by atoms with Crippen LogP contribution in [-0.2, 0) is 14.8 Å². The van der Waals surface area contributed by atoms with Crippen molar-refractivity contribution in [2.24, 2.45) is 0 Å². The van der Waals surface area contributed by atoms with Gasteiger partial charge in [0.05, 0.1) is 17.1 Å². The number of piperazine rings is 1. The fourth-order valence-electron chi connectivity index (χ4n) is 3.38. The highest BCUT2D eigenvalue weighted by Gasteiger charge is 2.29. The van der Waals surface area contributed by atoms with E-state index in [1.807, 2.05) is 11.8 Å². The van der Waals surface area contributed by atoms with Gasteiger partial charge in [-0.3, -0.25) is 4.79 Å². The van der Waals surface area contributed by atoms with Gasteiger partial charge in [0.1, 0.15) is 5.82 Å². The van der Waals surface area contributed by atoms with Gasteiger partial charge in [-0.1, -0.05) is 36.8 Å². The third kappa shape index (κ3) is 4.76. The van der Waals surface area contributed by atoms with Crippen LogP contribution in [0, 0.1) is 12.7 Å². The summed E-state index contributed by atoms with van der Waals surface area (Å²) in [5.41, 5.74) is 1.49. The highest BCUT2D eigenvalue weighted by atomic mass is 32.2. The Morgan fingerprint density at radius 2 is 1.66 bits per heavy atom. The van der Waals surface area contributed by atoms with Gasteiger partial charge in [0.25, 0.3) is 0 Å². The van der Waals surface area contributed by atoms with Crippen LogP contribution in [0.2, 0.25) is 0 Å². The molecular weight excluding hydrogens is 393 g/mol. The molecule has 1 amide bonds. The zero-order chi connectivity index (χ0) is 21.0. The van der Waals surface area contributed by atoms with E-state index in [-0.39, 0.29) is 29.7 Å². The number of anilines is 1. The average molecular weight is 420 g/mol. The maximum atomic E-state index is 14.0. The Bertz CT molecular complexity index is 955. The van der Waals surface area contributed by atoms with E-state index in [4.69, 9.17) is 0 Å². The van der Waals surface area contributed by atoms with Crippen molar-refractivity contribution in [1.29, 1.82) is 0 Å². The standard InChI is InChI=1S/C21H26FN3O3S/c1-3-25(29(27,28)18-10-8-17(2)9-11-18)16-21(26)24-14-12-23(13-15-24)20-7-5-4-6-19(20)22/h4-11H,3,12-16H2,1-2H3. The minimum absolute atomic E-state index is 0.183. The van der Waals surface area contributed by atoms with Crippen LogP contribution in [0.25, 0.3) is 0 Å². The zero-order valence-corrected chi connectivity index (χ0v) is 17.5. The van der Waals surface area contributed by atoms with E-state index in [1.165, 1.54) is 10.4 Å². The molecule has 1 aliphatic heterocycles. The molecule has 0 aliphatic carbocycles. The first-order chi connectivity index (χ1) is 13.8. The molecule has 0 spiro atoms. The van der Waals surface area contributed by atoms with Gasteiger partial charge in [-0.25, -0.2) is 12.8 Å². The van der Waals surface area contributed by atoms with Crippen molar-refractivity contribution in [3.8, 4) is 0 Å². The molecule has 0 aromatic heterocycles. The summed E-state index contributed by atoms with van der Waals surface area (Å²) in [6.45, 7) is 5.47. The molecule has 0 N–H and O–H groups in total. The molecule has 0 bridgehead atoms. The summed E-state index contributed by atoms with van der Waals surface area (Å²) in [6, 6.07) is 13.2. The van der Waals surface area contributed by atoms with E-state index in [2.05, 4.69) is 0 Å². The van der Waals surface area contributed by atoms with E-state index in [1.54, 1.807) is 54.3 Å². The summed E-state index contributed by atoms with van der Waals surface area (Å²) in [4.78, 5) is 16.5. The lowest BCUT2D eigenvalue weighted by Gasteiger charge is -2.37. The normalized spacial score (nSPS) is 15.0. The third-order valence-electron chi connectivity index (χ3n) is 5.15. The fraction of sp³-hybridized carbons (Fsp3) is 0.381. The number of rotatable bonds is 6. The Balaban J connectivity index is 1.63. The number of para-hydroxylation sites is 1. The van der Waals surface area contributed by atoms with Crippen molar-refractivity contribution in [1.82, 2.24) is 9.21 Å². The van der Waals surface area contributed by atoms with E-state index in [9.17, 15) is 17.6 Å². The van der Waals surface area contributed by atoms with Gasteiger partial charge in [0.2, 0.25) is 15.9 Å². The molecule has 156 valence electrons. The molecule has 1 aliphatic rings. The average Bonchev–Trinajstić information content (AvgIpc) is 2.72. The number of benzene rings is 2. The van der Waals surface area contributed by atoms with Crippen molar-refractivity contribution in [3.05, 3.63) is 59.9 Å². The number of carbonyl (C=O) groups excluding carboxylic acids is 1. The number of nitrogens with zero attached hydrogens (tertiary/aromatic N) is 3. The van der Waals surface area contributed by atoms with Gasteiger partial charge >= 0.3 is 0 Å². The Hall–Kier alpha value is -2.45. The van der Waals surface area contributed by atoms with Gasteiger partial charge in [-0.2, -0.15) is 4.31 Å². The number of carbonyl (C=O) groups is 1. The minimum Gasteiger partial charge on any atom is -0.366 e. The smallest absolute Gasteiger partial charge is 0.243 e. The molecule has 0 radical (unpaired) electrons. The van der Waals surface area contributed by atoms with Gasteiger partial charge < -0.3 is 9.80 Å². The Labute approximate surface area is 171 Å². The Kier molecular flexibility index (Phi) is 6.54. The number of hydrogen-bond acceptors (Lipinski definition) is 4. The van der Waals surface area contributed by atoms with Crippen LogP contribution in [0.1, 0.15) is 12.5 Å². The van der Waals surface area contributed by atoms with Gasteiger partial charge in [0, 0.05) is 32.7 Å². The summed E-state index contributed by atoms with van der Waals surface area (Å²) in [6.07, 6.45) is 0. The van der Waals surface area contributed by atoms with E-state index >= 15 is 0 Å². The molecule has 6 nitrogen and oxygen atoms in total. The molecule has 8 heteroatoms. The van der Waals surface area contributed by atoms with Crippen LogP contribution in [0.4, 0.5) is 10.1 Å². The van der Waals surface area contributed by atoms with Crippen LogP contribution in [0.3, 0.4) is 0 Å². The second-order valence-electron chi connectivity index (χ2n) is 7.06. The van der Waals surface area contributed by atoms with E-state index in [0.717, 1.165) is 5.56 Å². The topological polar surface area (TPSA) is 60.9 Å². The Morgan fingerprint density at radius 1 is 1.03 bits per heavy atom. The molecule has 0 atom stereocenters. The van der Waals surface area contributed by atoms with Crippen LogP contribution in [0.5, 0.6) is 0 Å². The van der Waals surface area contributed by atoms with Crippen LogP contribution >= 0.6 is 0 Å². The lowest BCUT2D eigenvalue weighted by atomic mass is 10.2. The molecule has 3 rings (SSSR count). The summed E-state index contributed by atoms with van der Waals surface area (Å²) < 4.78 is 40.9. The molecule has 1 heterocycles. The number of aryl methyl sites for hydroxylation is 1. The summed E-state index contributed by atoms with van der Waals surface area (Å²) >= 11 is 0. The van der Waals surface area contributed by atoms with Crippen molar-refractivity contribution < 1.29 is 17.6 Å². The highest BCUT2D eigenvalue weighted by Crippen LogP contribution is 2.21. The van der Waals surface area contributed by atoms with E-state index < -0.39 is 10.0 Å². The first-order valence-corrected chi connectivity index (χ1v) is 11.1. The molecule has 2 aromatic rings. The number of likely N-dealkylation sites (N-methyl/N-ethyl adjacent to an activating group) is 1. The van der Waals surface area contributed by atoms with Crippen molar-refractivity contribution in [2.45, 2.75) is 18.7 Å². The monoisotopic (exact) mass is 419 g/mol. The first kappa shape index (κ1) is 21.3. The summed E-state index contributed by atoms with van der Waals surface area (Å²) in [5.74, 6) is -0.524. The predicted molar refractivity (Wildman–Crippen MR) is 111 cm³/mol. The van der Waals surface area contributed by atoms with Crippen LogP contribution < -0.4 is 4.90 Å². The number of hydrogen-bond donors (Lipinski definition) is 0. The molecule has 1 fully saturated rings. The highest BCUT2D eigenvalue weighted by molar-refractivity contribution is 7.89. The SMILES string of the molecule is CCN(CC(=O)N1CCN(c2ccccc2F)CC1)S(=O)(=O)c1ccc(C)cc1. The van der Waals surface area contributed by atoms with Crippen molar-refractivity contribution in [2.75, 3.05) is 44.2 Å². The third-order valence-corrected chi connectivity index (χ3v) is 7.08. The van der Waals surface area contributed by atoms with Gasteiger partial charge in [-0.05, 0) is 31.2 Å². The maximum absolute atomic E-state index is 14.0. The van der Waals surface area contributed by atoms with Crippen LogP contribution in [0.15, 0.2) is 53.4 Å². The summed E-state index contributed by atoms with van der Waals surface area (Å²) in [5, 5.41) is 0. The first-order valence-electron chi connectivity index (χ1n) is 9.67. The number of sulfonamides is 1. The molecule has 0 unspecified atom stereocenters. The minimum atomic E-state index is -3.74. The molecule has 1 saturated heterocycles. The van der Waals surface area contributed by atoms with Crippen molar-refractivity contribution >= 4 is 21.6 Å². The largest absolute Gasteiger partial charge is 0.366 e.